The Bertz CT molecular complexity index is 1070. The zero-order valence-corrected chi connectivity index (χ0v) is 20.8. The summed E-state index contributed by atoms with van der Waals surface area (Å²) in [6.45, 7) is 2.41. The van der Waals surface area contributed by atoms with E-state index in [1.54, 1.807) is 30.8 Å². The fourth-order valence-corrected chi connectivity index (χ4v) is 4.66. The van der Waals surface area contributed by atoms with Crippen molar-refractivity contribution in [1.82, 2.24) is 10.2 Å². The first-order valence-electron chi connectivity index (χ1n) is 11.3. The second-order valence-electron chi connectivity index (χ2n) is 8.17. The molecule has 0 fully saturated rings. The maximum Gasteiger partial charge on any atom is 0.242 e. The van der Waals surface area contributed by atoms with Crippen LogP contribution in [0.2, 0.25) is 0 Å². The number of amides is 2. The van der Waals surface area contributed by atoms with Gasteiger partial charge >= 0.3 is 0 Å². The van der Waals surface area contributed by atoms with Crippen LogP contribution in [0, 0.1) is 6.92 Å². The van der Waals surface area contributed by atoms with Crippen molar-refractivity contribution in [3.8, 4) is 5.75 Å². The number of nitrogens with zero attached hydrogens (tertiary/aromatic N) is 1. The van der Waals surface area contributed by atoms with Gasteiger partial charge in [-0.15, -0.1) is 11.8 Å². The lowest BCUT2D eigenvalue weighted by molar-refractivity contribution is -0.139. The first kappa shape index (κ1) is 25.4. The molecule has 2 amide bonds. The van der Waals surface area contributed by atoms with Crippen LogP contribution >= 0.6 is 11.8 Å². The fourth-order valence-electron chi connectivity index (χ4n) is 3.79. The van der Waals surface area contributed by atoms with Crippen molar-refractivity contribution in [2.45, 2.75) is 31.7 Å². The summed E-state index contributed by atoms with van der Waals surface area (Å²) in [7, 11) is 3.26. The van der Waals surface area contributed by atoms with Gasteiger partial charge in [-0.05, 0) is 35.7 Å². The molecular weight excluding hydrogens is 444 g/mol. The molecule has 5 nitrogen and oxygen atoms in total. The van der Waals surface area contributed by atoms with Crippen LogP contribution in [-0.4, -0.2) is 42.7 Å². The molecule has 0 saturated carbocycles. The van der Waals surface area contributed by atoms with E-state index in [9.17, 15) is 9.59 Å². The molecule has 0 saturated heterocycles. The molecule has 0 aromatic heterocycles. The van der Waals surface area contributed by atoms with Crippen molar-refractivity contribution in [3.05, 3.63) is 101 Å². The summed E-state index contributed by atoms with van der Waals surface area (Å²) in [5, 5.41) is 2.76. The van der Waals surface area contributed by atoms with Gasteiger partial charge in [-0.2, -0.15) is 0 Å². The first-order chi connectivity index (χ1) is 16.5. The van der Waals surface area contributed by atoms with Gasteiger partial charge in [-0.3, -0.25) is 9.59 Å². The van der Waals surface area contributed by atoms with Gasteiger partial charge in [0.1, 0.15) is 11.8 Å². The standard InChI is InChI=1S/C28H32N2O3S/c1-21-8-7-11-24(16-21)18-30(26(28(32)29-2)17-22-9-5-4-6-10-22)27(31)20-34-19-23-12-14-25(33-3)15-13-23/h4-16,26H,17-20H2,1-3H3,(H,29,32)/t26-/m0/s1. The number of ether oxygens (including phenoxy) is 1. The highest BCUT2D eigenvalue weighted by Gasteiger charge is 2.29. The van der Waals surface area contributed by atoms with Crippen molar-refractivity contribution in [2.24, 2.45) is 0 Å². The van der Waals surface area contributed by atoms with Gasteiger partial charge in [-0.1, -0.05) is 72.3 Å². The summed E-state index contributed by atoms with van der Waals surface area (Å²) in [6, 6.07) is 25.2. The van der Waals surface area contributed by atoms with Crippen LogP contribution in [0.3, 0.4) is 0 Å². The van der Waals surface area contributed by atoms with Crippen molar-refractivity contribution in [3.63, 3.8) is 0 Å². The molecule has 3 rings (SSSR count). The van der Waals surface area contributed by atoms with E-state index in [2.05, 4.69) is 11.4 Å². The second-order valence-corrected chi connectivity index (χ2v) is 9.16. The predicted octanol–water partition coefficient (Wildman–Crippen LogP) is 4.62. The molecule has 0 unspecified atom stereocenters. The average molecular weight is 477 g/mol. The van der Waals surface area contributed by atoms with Gasteiger partial charge in [0.15, 0.2) is 0 Å². The molecule has 178 valence electrons. The quantitative estimate of drug-likeness (QED) is 0.439. The van der Waals surface area contributed by atoms with Crippen molar-refractivity contribution in [1.29, 1.82) is 0 Å². The van der Waals surface area contributed by atoms with E-state index in [1.165, 1.54) is 0 Å². The third-order valence-corrected chi connectivity index (χ3v) is 6.59. The SMILES string of the molecule is CNC(=O)[C@H](Cc1ccccc1)N(Cc1cccc(C)c1)C(=O)CSCc1ccc(OC)cc1. The summed E-state index contributed by atoms with van der Waals surface area (Å²) in [4.78, 5) is 28.2. The molecule has 0 heterocycles. The molecule has 3 aromatic carbocycles. The lowest BCUT2D eigenvalue weighted by Gasteiger charge is -2.31. The van der Waals surface area contributed by atoms with Gasteiger partial charge in [0.05, 0.1) is 12.9 Å². The number of likely N-dealkylation sites (N-methyl/N-ethyl adjacent to an activating group) is 1. The van der Waals surface area contributed by atoms with E-state index in [0.29, 0.717) is 24.5 Å². The highest BCUT2D eigenvalue weighted by Crippen LogP contribution is 2.20. The number of carbonyl (C=O) groups excluding carboxylic acids is 2. The lowest BCUT2D eigenvalue weighted by atomic mass is 10.0. The minimum atomic E-state index is -0.595. The smallest absolute Gasteiger partial charge is 0.242 e. The van der Waals surface area contributed by atoms with Crippen LogP contribution in [0.25, 0.3) is 0 Å². The van der Waals surface area contributed by atoms with Crippen molar-refractivity contribution in [2.75, 3.05) is 19.9 Å². The van der Waals surface area contributed by atoms with Gasteiger partial charge in [0.25, 0.3) is 0 Å². The van der Waals surface area contributed by atoms with Crippen LogP contribution in [0.5, 0.6) is 5.75 Å². The third-order valence-electron chi connectivity index (χ3n) is 5.61. The van der Waals surface area contributed by atoms with Crippen LogP contribution < -0.4 is 10.1 Å². The maximum absolute atomic E-state index is 13.5. The number of hydrogen-bond acceptors (Lipinski definition) is 4. The first-order valence-corrected chi connectivity index (χ1v) is 12.5. The molecule has 0 radical (unpaired) electrons. The minimum absolute atomic E-state index is 0.0513. The molecule has 0 spiro atoms. The van der Waals surface area contributed by atoms with Crippen LogP contribution in [0.1, 0.15) is 22.3 Å². The average Bonchev–Trinajstić information content (AvgIpc) is 2.86. The molecule has 34 heavy (non-hydrogen) atoms. The summed E-state index contributed by atoms with van der Waals surface area (Å²) >= 11 is 1.55. The van der Waals surface area contributed by atoms with Crippen molar-refractivity contribution >= 4 is 23.6 Å². The largest absolute Gasteiger partial charge is 0.497 e. The van der Waals surface area contributed by atoms with Gasteiger partial charge in [-0.25, -0.2) is 0 Å². The Hall–Kier alpha value is -3.25. The Labute approximate surface area is 206 Å². The molecule has 1 atom stereocenters. The molecule has 6 heteroatoms. The highest BCUT2D eigenvalue weighted by molar-refractivity contribution is 7.99. The molecule has 1 N–H and O–H groups in total. The van der Waals surface area contributed by atoms with E-state index in [-0.39, 0.29) is 11.8 Å². The fraction of sp³-hybridized carbons (Fsp3) is 0.286. The summed E-state index contributed by atoms with van der Waals surface area (Å²) in [5.41, 5.74) is 4.27. The lowest BCUT2D eigenvalue weighted by Crippen LogP contribution is -2.50. The Balaban J connectivity index is 1.78. The number of thioether (sulfide) groups is 1. The number of nitrogens with one attached hydrogen (secondary N) is 1. The van der Waals surface area contributed by atoms with E-state index < -0.39 is 6.04 Å². The summed E-state index contributed by atoms with van der Waals surface area (Å²) < 4.78 is 5.21. The highest BCUT2D eigenvalue weighted by atomic mass is 32.2. The van der Waals surface area contributed by atoms with Crippen LogP contribution in [-0.2, 0) is 28.3 Å². The van der Waals surface area contributed by atoms with E-state index in [0.717, 1.165) is 28.0 Å². The molecule has 0 aliphatic rings. The number of aryl methyl sites for hydroxylation is 1. The molecular formula is C28H32N2O3S. The maximum atomic E-state index is 13.5. The molecule has 0 aliphatic carbocycles. The number of carbonyl (C=O) groups is 2. The Kier molecular flexibility index (Phi) is 9.59. The second kappa shape index (κ2) is 12.8. The Morgan fingerprint density at radius 2 is 1.65 bits per heavy atom. The zero-order valence-electron chi connectivity index (χ0n) is 20.0. The molecule has 0 bridgehead atoms. The van der Waals surface area contributed by atoms with E-state index >= 15 is 0 Å². The number of hydrogen-bond donors (Lipinski definition) is 1. The number of methoxy groups -OCH3 is 1. The Morgan fingerprint density at radius 3 is 2.29 bits per heavy atom. The van der Waals surface area contributed by atoms with Gasteiger partial charge in [0, 0.05) is 25.8 Å². The zero-order chi connectivity index (χ0) is 24.3. The molecule has 0 aliphatic heterocycles. The topological polar surface area (TPSA) is 58.6 Å². The Morgan fingerprint density at radius 1 is 0.941 bits per heavy atom. The summed E-state index contributed by atoms with van der Waals surface area (Å²) in [5.74, 6) is 1.59. The monoisotopic (exact) mass is 476 g/mol. The minimum Gasteiger partial charge on any atom is -0.497 e. The van der Waals surface area contributed by atoms with Gasteiger partial charge < -0.3 is 15.0 Å². The normalized spacial score (nSPS) is 11.5. The van der Waals surface area contributed by atoms with Crippen LogP contribution in [0.4, 0.5) is 0 Å². The number of rotatable bonds is 11. The van der Waals surface area contributed by atoms with E-state index in [1.807, 2.05) is 79.7 Å². The summed E-state index contributed by atoms with van der Waals surface area (Å²) in [6.07, 6.45) is 0.460. The third kappa shape index (κ3) is 7.39. The van der Waals surface area contributed by atoms with E-state index in [4.69, 9.17) is 4.74 Å². The number of benzene rings is 3. The molecule has 3 aromatic rings. The van der Waals surface area contributed by atoms with Gasteiger partial charge in [0.2, 0.25) is 11.8 Å². The van der Waals surface area contributed by atoms with Crippen LogP contribution in [0.15, 0.2) is 78.9 Å². The predicted molar refractivity (Wildman–Crippen MR) is 139 cm³/mol. The van der Waals surface area contributed by atoms with Crippen molar-refractivity contribution < 1.29 is 14.3 Å².